The standard InChI is InChI=1S/C24H27N3O3S/c1-15-4-5-18(14-25-15)17(3)27-23(28)19-10-20(24-26-13-16(2)31-24)12-22(11-19)30-21-6-8-29-9-7-21/h4-5,10-14,17,21H,6-9H2,1-3H3,(H,27,28)/t17-/m1/s1. The summed E-state index contributed by atoms with van der Waals surface area (Å²) in [4.78, 5) is 23.0. The lowest BCUT2D eigenvalue weighted by Crippen LogP contribution is -2.27. The maximum absolute atomic E-state index is 13.1. The van der Waals surface area contributed by atoms with Crippen LogP contribution >= 0.6 is 11.3 Å². The molecule has 0 unspecified atom stereocenters. The topological polar surface area (TPSA) is 73.3 Å². The van der Waals surface area contributed by atoms with Gasteiger partial charge in [0, 0.05) is 46.9 Å². The quantitative estimate of drug-likeness (QED) is 0.596. The van der Waals surface area contributed by atoms with Gasteiger partial charge < -0.3 is 14.8 Å². The number of carbonyl (C=O) groups is 1. The fourth-order valence-electron chi connectivity index (χ4n) is 3.49. The highest BCUT2D eigenvalue weighted by molar-refractivity contribution is 7.14. The fraction of sp³-hybridized carbons (Fsp3) is 0.375. The highest BCUT2D eigenvalue weighted by Crippen LogP contribution is 2.31. The van der Waals surface area contributed by atoms with Crippen LogP contribution in [0.1, 0.15) is 52.3 Å². The monoisotopic (exact) mass is 437 g/mol. The summed E-state index contributed by atoms with van der Waals surface area (Å²) in [6.07, 6.45) is 5.43. The largest absolute Gasteiger partial charge is 0.490 e. The maximum Gasteiger partial charge on any atom is 0.251 e. The number of nitrogens with one attached hydrogen (secondary N) is 1. The molecule has 1 atom stereocenters. The Bertz CT molecular complexity index is 1040. The first-order valence-corrected chi connectivity index (χ1v) is 11.4. The third-order valence-electron chi connectivity index (χ3n) is 5.29. The van der Waals surface area contributed by atoms with Crippen molar-refractivity contribution in [1.82, 2.24) is 15.3 Å². The van der Waals surface area contributed by atoms with Crippen LogP contribution in [0, 0.1) is 13.8 Å². The summed E-state index contributed by atoms with van der Waals surface area (Å²) in [5, 5.41) is 3.95. The molecular formula is C24H27N3O3S. The van der Waals surface area contributed by atoms with Gasteiger partial charge in [0.15, 0.2) is 0 Å². The SMILES string of the molecule is Cc1ccc([C@@H](C)NC(=O)c2cc(OC3CCOCC3)cc(-c3ncc(C)s3)c2)cn1. The number of hydrogen-bond acceptors (Lipinski definition) is 6. The second kappa shape index (κ2) is 9.58. The molecule has 0 radical (unpaired) electrons. The first-order valence-electron chi connectivity index (χ1n) is 10.5. The number of ether oxygens (including phenoxy) is 2. The van der Waals surface area contributed by atoms with E-state index in [0.717, 1.165) is 39.5 Å². The Kier molecular flexibility index (Phi) is 6.63. The zero-order valence-corrected chi connectivity index (χ0v) is 18.9. The first-order chi connectivity index (χ1) is 15.0. The van der Waals surface area contributed by atoms with Crippen molar-refractivity contribution in [2.24, 2.45) is 0 Å². The van der Waals surface area contributed by atoms with Crippen LogP contribution in [0.4, 0.5) is 0 Å². The molecule has 1 aromatic carbocycles. The number of thiazole rings is 1. The van der Waals surface area contributed by atoms with E-state index in [1.54, 1.807) is 17.5 Å². The molecule has 1 saturated heterocycles. The molecule has 6 nitrogen and oxygen atoms in total. The molecule has 1 N–H and O–H groups in total. The van der Waals surface area contributed by atoms with Crippen LogP contribution in [-0.4, -0.2) is 35.2 Å². The van der Waals surface area contributed by atoms with E-state index in [4.69, 9.17) is 9.47 Å². The molecule has 162 valence electrons. The van der Waals surface area contributed by atoms with Gasteiger partial charge in [-0.05, 0) is 50.6 Å². The van der Waals surface area contributed by atoms with Crippen molar-refractivity contribution in [3.63, 3.8) is 0 Å². The van der Waals surface area contributed by atoms with Gasteiger partial charge in [0.25, 0.3) is 5.91 Å². The average molecular weight is 438 g/mol. The molecule has 1 aliphatic rings. The van der Waals surface area contributed by atoms with Crippen molar-refractivity contribution >= 4 is 17.2 Å². The van der Waals surface area contributed by atoms with Crippen LogP contribution < -0.4 is 10.1 Å². The fourth-order valence-corrected chi connectivity index (χ4v) is 4.25. The predicted molar refractivity (Wildman–Crippen MR) is 122 cm³/mol. The number of nitrogens with zero attached hydrogens (tertiary/aromatic N) is 2. The predicted octanol–water partition coefficient (Wildman–Crippen LogP) is 4.87. The van der Waals surface area contributed by atoms with Gasteiger partial charge in [-0.25, -0.2) is 4.98 Å². The van der Waals surface area contributed by atoms with E-state index in [1.165, 1.54) is 0 Å². The molecule has 3 heterocycles. The van der Waals surface area contributed by atoms with Crippen LogP contribution in [-0.2, 0) is 4.74 Å². The Hall–Kier alpha value is -2.77. The molecule has 0 spiro atoms. The minimum Gasteiger partial charge on any atom is -0.490 e. The summed E-state index contributed by atoms with van der Waals surface area (Å²) in [6.45, 7) is 7.32. The van der Waals surface area contributed by atoms with E-state index in [-0.39, 0.29) is 18.1 Å². The Labute approximate surface area is 186 Å². The number of pyridine rings is 1. The third kappa shape index (κ3) is 5.48. The van der Waals surface area contributed by atoms with Crippen molar-refractivity contribution in [2.45, 2.75) is 45.8 Å². The van der Waals surface area contributed by atoms with Crippen molar-refractivity contribution in [1.29, 1.82) is 0 Å². The van der Waals surface area contributed by atoms with Crippen molar-refractivity contribution < 1.29 is 14.3 Å². The summed E-state index contributed by atoms with van der Waals surface area (Å²) in [5.74, 6) is 0.534. The zero-order chi connectivity index (χ0) is 21.8. The molecule has 4 rings (SSSR count). The van der Waals surface area contributed by atoms with Crippen LogP contribution in [0.2, 0.25) is 0 Å². The second-order valence-electron chi connectivity index (χ2n) is 7.88. The smallest absolute Gasteiger partial charge is 0.251 e. The molecule has 1 aliphatic heterocycles. The van der Waals surface area contributed by atoms with Crippen LogP contribution in [0.25, 0.3) is 10.6 Å². The molecule has 1 fully saturated rings. The number of amides is 1. The molecule has 2 aromatic heterocycles. The average Bonchev–Trinajstić information content (AvgIpc) is 3.21. The summed E-state index contributed by atoms with van der Waals surface area (Å²) in [6, 6.07) is 9.44. The number of hydrogen-bond donors (Lipinski definition) is 1. The van der Waals surface area contributed by atoms with Gasteiger partial charge >= 0.3 is 0 Å². The highest BCUT2D eigenvalue weighted by atomic mass is 32.1. The lowest BCUT2D eigenvalue weighted by atomic mass is 10.1. The van der Waals surface area contributed by atoms with Gasteiger partial charge in [-0.1, -0.05) is 6.07 Å². The van der Waals surface area contributed by atoms with E-state index in [1.807, 2.05) is 57.3 Å². The summed E-state index contributed by atoms with van der Waals surface area (Å²) < 4.78 is 11.7. The van der Waals surface area contributed by atoms with E-state index in [0.29, 0.717) is 24.5 Å². The van der Waals surface area contributed by atoms with Gasteiger partial charge in [-0.15, -0.1) is 11.3 Å². The normalized spacial score (nSPS) is 15.5. The Balaban J connectivity index is 1.59. The van der Waals surface area contributed by atoms with Crippen LogP contribution in [0.15, 0.2) is 42.7 Å². The minimum atomic E-state index is -0.161. The molecular weight excluding hydrogens is 410 g/mol. The molecule has 0 saturated carbocycles. The van der Waals surface area contributed by atoms with Gasteiger partial charge in [0.2, 0.25) is 0 Å². The molecule has 31 heavy (non-hydrogen) atoms. The highest BCUT2D eigenvalue weighted by Gasteiger charge is 2.19. The number of aryl methyl sites for hydroxylation is 2. The lowest BCUT2D eigenvalue weighted by Gasteiger charge is -2.24. The van der Waals surface area contributed by atoms with Crippen molar-refractivity contribution in [3.05, 3.63) is 64.4 Å². The van der Waals surface area contributed by atoms with E-state index in [9.17, 15) is 4.79 Å². The lowest BCUT2D eigenvalue weighted by molar-refractivity contribution is 0.0255. The van der Waals surface area contributed by atoms with Gasteiger partial charge in [-0.3, -0.25) is 9.78 Å². The molecule has 0 bridgehead atoms. The van der Waals surface area contributed by atoms with Crippen molar-refractivity contribution in [3.8, 4) is 16.3 Å². The molecule has 3 aromatic rings. The van der Waals surface area contributed by atoms with E-state index < -0.39 is 0 Å². The van der Waals surface area contributed by atoms with Gasteiger partial charge in [-0.2, -0.15) is 0 Å². The third-order valence-corrected chi connectivity index (χ3v) is 6.25. The Morgan fingerprint density at radius 3 is 2.65 bits per heavy atom. The van der Waals surface area contributed by atoms with Gasteiger partial charge in [0.05, 0.1) is 19.3 Å². The Morgan fingerprint density at radius 2 is 1.97 bits per heavy atom. The van der Waals surface area contributed by atoms with E-state index in [2.05, 4.69) is 15.3 Å². The van der Waals surface area contributed by atoms with E-state index >= 15 is 0 Å². The van der Waals surface area contributed by atoms with Crippen LogP contribution in [0.5, 0.6) is 5.75 Å². The number of rotatable bonds is 6. The van der Waals surface area contributed by atoms with Crippen molar-refractivity contribution in [2.75, 3.05) is 13.2 Å². The maximum atomic E-state index is 13.1. The molecule has 7 heteroatoms. The first kappa shape index (κ1) is 21.5. The molecule has 1 amide bonds. The minimum absolute atomic E-state index is 0.0931. The second-order valence-corrected chi connectivity index (χ2v) is 9.11. The number of benzene rings is 1. The van der Waals surface area contributed by atoms with Crippen LogP contribution in [0.3, 0.4) is 0 Å². The Morgan fingerprint density at radius 1 is 1.16 bits per heavy atom. The summed E-state index contributed by atoms with van der Waals surface area (Å²) in [7, 11) is 0. The molecule has 0 aliphatic carbocycles. The van der Waals surface area contributed by atoms with Gasteiger partial charge in [0.1, 0.15) is 16.9 Å². The zero-order valence-electron chi connectivity index (χ0n) is 18.1. The number of carbonyl (C=O) groups excluding carboxylic acids is 1. The summed E-state index contributed by atoms with van der Waals surface area (Å²) in [5.41, 5.74) is 3.35. The summed E-state index contributed by atoms with van der Waals surface area (Å²) >= 11 is 1.60. The number of aromatic nitrogens is 2.